The molecular formula is C18H20BrNO3S. The molecule has 0 bridgehead atoms. The van der Waals surface area contributed by atoms with E-state index in [1.54, 1.807) is 31.0 Å². The summed E-state index contributed by atoms with van der Waals surface area (Å²) in [4.78, 5) is 13.7. The number of methoxy groups -OCH3 is 1. The molecule has 128 valence electrons. The van der Waals surface area contributed by atoms with E-state index in [4.69, 9.17) is 9.47 Å². The van der Waals surface area contributed by atoms with Gasteiger partial charge in [0.05, 0.1) is 12.2 Å². The second-order valence-electron chi connectivity index (χ2n) is 5.01. The van der Waals surface area contributed by atoms with Crippen molar-refractivity contribution in [1.29, 1.82) is 0 Å². The maximum Gasteiger partial charge on any atom is 0.255 e. The van der Waals surface area contributed by atoms with Crippen molar-refractivity contribution < 1.29 is 14.3 Å². The van der Waals surface area contributed by atoms with Gasteiger partial charge in [0.15, 0.2) is 0 Å². The van der Waals surface area contributed by atoms with Gasteiger partial charge in [0.25, 0.3) is 5.91 Å². The third-order valence-electron chi connectivity index (χ3n) is 3.34. The van der Waals surface area contributed by atoms with E-state index in [9.17, 15) is 4.79 Å². The summed E-state index contributed by atoms with van der Waals surface area (Å²) in [5.41, 5.74) is 1.55. The van der Waals surface area contributed by atoms with E-state index in [2.05, 4.69) is 21.2 Å². The Morgan fingerprint density at radius 2 is 1.92 bits per heavy atom. The minimum Gasteiger partial charge on any atom is -0.490 e. The molecule has 0 aliphatic carbocycles. The van der Waals surface area contributed by atoms with Crippen molar-refractivity contribution in [3.8, 4) is 5.75 Å². The van der Waals surface area contributed by atoms with E-state index in [0.29, 0.717) is 31.1 Å². The maximum absolute atomic E-state index is 12.5. The fraction of sp³-hybridized carbons (Fsp3) is 0.278. The molecule has 6 heteroatoms. The molecule has 0 aromatic heterocycles. The van der Waals surface area contributed by atoms with E-state index in [1.807, 2.05) is 36.6 Å². The van der Waals surface area contributed by atoms with E-state index in [1.165, 1.54) is 4.90 Å². The van der Waals surface area contributed by atoms with Gasteiger partial charge in [-0.3, -0.25) is 4.79 Å². The predicted octanol–water partition coefficient (Wildman–Crippen LogP) is 4.13. The number of benzene rings is 2. The van der Waals surface area contributed by atoms with Crippen LogP contribution in [-0.4, -0.2) is 32.5 Å². The van der Waals surface area contributed by atoms with Gasteiger partial charge in [0.2, 0.25) is 0 Å². The third-order valence-corrected chi connectivity index (χ3v) is 4.58. The zero-order valence-corrected chi connectivity index (χ0v) is 16.1. The van der Waals surface area contributed by atoms with E-state index in [0.717, 1.165) is 10.0 Å². The Bertz CT molecular complexity index is 676. The second kappa shape index (κ2) is 9.71. The Labute approximate surface area is 155 Å². The molecule has 0 saturated carbocycles. The zero-order valence-electron chi connectivity index (χ0n) is 13.7. The SMILES string of the molecule is COCCOc1ccc(Br)cc1C(=O)NCc1ccc(SC)cc1. The van der Waals surface area contributed by atoms with Crippen molar-refractivity contribution >= 4 is 33.6 Å². The summed E-state index contributed by atoms with van der Waals surface area (Å²) < 4.78 is 11.4. The number of rotatable bonds is 8. The average molecular weight is 410 g/mol. The number of ether oxygens (including phenoxy) is 2. The van der Waals surface area contributed by atoms with Gasteiger partial charge in [-0.15, -0.1) is 11.8 Å². The molecule has 1 amide bonds. The highest BCUT2D eigenvalue weighted by molar-refractivity contribution is 9.10. The molecule has 2 aromatic rings. The molecule has 2 aromatic carbocycles. The van der Waals surface area contributed by atoms with Gasteiger partial charge < -0.3 is 14.8 Å². The van der Waals surface area contributed by atoms with Crippen LogP contribution in [0.3, 0.4) is 0 Å². The lowest BCUT2D eigenvalue weighted by molar-refractivity contribution is 0.0943. The summed E-state index contributed by atoms with van der Waals surface area (Å²) in [6.45, 7) is 1.34. The highest BCUT2D eigenvalue weighted by Gasteiger charge is 2.13. The number of thioether (sulfide) groups is 1. The van der Waals surface area contributed by atoms with Crippen LogP contribution in [0.1, 0.15) is 15.9 Å². The first-order valence-corrected chi connectivity index (χ1v) is 9.48. The monoisotopic (exact) mass is 409 g/mol. The molecule has 4 nitrogen and oxygen atoms in total. The average Bonchev–Trinajstić information content (AvgIpc) is 2.61. The van der Waals surface area contributed by atoms with Gasteiger partial charge in [-0.25, -0.2) is 0 Å². The summed E-state index contributed by atoms with van der Waals surface area (Å²) in [5.74, 6) is 0.378. The molecule has 2 rings (SSSR count). The number of carbonyl (C=O) groups excluding carboxylic acids is 1. The summed E-state index contributed by atoms with van der Waals surface area (Å²) in [7, 11) is 1.61. The quantitative estimate of drug-likeness (QED) is 0.525. The van der Waals surface area contributed by atoms with Crippen LogP contribution >= 0.6 is 27.7 Å². The minimum atomic E-state index is -0.169. The molecule has 0 fully saturated rings. The first kappa shape index (κ1) is 18.8. The molecule has 0 heterocycles. The largest absolute Gasteiger partial charge is 0.490 e. The Hall–Kier alpha value is -1.50. The highest BCUT2D eigenvalue weighted by Crippen LogP contribution is 2.23. The van der Waals surface area contributed by atoms with Crippen molar-refractivity contribution in [2.24, 2.45) is 0 Å². The van der Waals surface area contributed by atoms with Crippen molar-refractivity contribution in [2.45, 2.75) is 11.4 Å². The lowest BCUT2D eigenvalue weighted by atomic mass is 10.1. The summed E-state index contributed by atoms with van der Waals surface area (Å²) in [5, 5.41) is 2.93. The van der Waals surface area contributed by atoms with Gasteiger partial charge >= 0.3 is 0 Å². The van der Waals surface area contributed by atoms with Gasteiger partial charge in [-0.1, -0.05) is 28.1 Å². The van der Waals surface area contributed by atoms with Gasteiger partial charge in [0, 0.05) is 23.0 Å². The molecule has 0 saturated heterocycles. The van der Waals surface area contributed by atoms with E-state index < -0.39 is 0 Å². The minimum absolute atomic E-state index is 0.169. The molecule has 0 unspecified atom stereocenters. The Kier molecular flexibility index (Phi) is 7.62. The fourth-order valence-electron chi connectivity index (χ4n) is 2.06. The van der Waals surface area contributed by atoms with Crippen molar-refractivity contribution in [1.82, 2.24) is 5.32 Å². The van der Waals surface area contributed by atoms with Crippen molar-refractivity contribution in [2.75, 3.05) is 26.6 Å². The summed E-state index contributed by atoms with van der Waals surface area (Å²) >= 11 is 5.09. The number of amides is 1. The van der Waals surface area contributed by atoms with Crippen LogP contribution in [-0.2, 0) is 11.3 Å². The Morgan fingerprint density at radius 3 is 2.58 bits per heavy atom. The number of hydrogen-bond donors (Lipinski definition) is 1. The molecule has 0 atom stereocenters. The van der Waals surface area contributed by atoms with Crippen LogP contribution in [0.5, 0.6) is 5.75 Å². The lowest BCUT2D eigenvalue weighted by Gasteiger charge is -2.12. The standard InChI is InChI=1S/C18H20BrNO3S/c1-22-9-10-23-17-8-5-14(19)11-16(17)18(21)20-12-13-3-6-15(24-2)7-4-13/h3-8,11H,9-10,12H2,1-2H3,(H,20,21). The van der Waals surface area contributed by atoms with Crippen LogP contribution in [0.4, 0.5) is 0 Å². The zero-order chi connectivity index (χ0) is 17.4. The first-order chi connectivity index (χ1) is 11.6. The maximum atomic E-state index is 12.5. The number of nitrogens with one attached hydrogen (secondary N) is 1. The van der Waals surface area contributed by atoms with Crippen LogP contribution in [0.25, 0.3) is 0 Å². The van der Waals surface area contributed by atoms with Crippen LogP contribution in [0, 0.1) is 0 Å². The molecule has 0 radical (unpaired) electrons. The number of hydrogen-bond acceptors (Lipinski definition) is 4. The van der Waals surface area contributed by atoms with Crippen LogP contribution in [0.15, 0.2) is 51.8 Å². The van der Waals surface area contributed by atoms with Gasteiger partial charge in [-0.2, -0.15) is 0 Å². The Morgan fingerprint density at radius 1 is 1.17 bits per heavy atom. The van der Waals surface area contributed by atoms with E-state index in [-0.39, 0.29) is 5.91 Å². The van der Waals surface area contributed by atoms with Crippen molar-refractivity contribution in [3.05, 3.63) is 58.1 Å². The molecule has 0 aliphatic heterocycles. The number of halogens is 1. The Balaban J connectivity index is 2.03. The molecule has 0 spiro atoms. The summed E-state index contributed by atoms with van der Waals surface area (Å²) in [6, 6.07) is 13.5. The second-order valence-corrected chi connectivity index (χ2v) is 6.81. The highest BCUT2D eigenvalue weighted by atomic mass is 79.9. The molecular weight excluding hydrogens is 390 g/mol. The number of carbonyl (C=O) groups is 1. The molecule has 1 N–H and O–H groups in total. The summed E-state index contributed by atoms with van der Waals surface area (Å²) in [6.07, 6.45) is 2.04. The van der Waals surface area contributed by atoms with Crippen molar-refractivity contribution in [3.63, 3.8) is 0 Å². The van der Waals surface area contributed by atoms with E-state index >= 15 is 0 Å². The van der Waals surface area contributed by atoms with Gasteiger partial charge in [-0.05, 0) is 42.2 Å². The predicted molar refractivity (Wildman–Crippen MR) is 101 cm³/mol. The lowest BCUT2D eigenvalue weighted by Crippen LogP contribution is -2.23. The normalized spacial score (nSPS) is 10.5. The molecule has 0 aliphatic rings. The van der Waals surface area contributed by atoms with Gasteiger partial charge in [0.1, 0.15) is 12.4 Å². The molecule has 24 heavy (non-hydrogen) atoms. The first-order valence-electron chi connectivity index (χ1n) is 7.46. The fourth-order valence-corrected chi connectivity index (χ4v) is 2.83. The van der Waals surface area contributed by atoms with Crippen LogP contribution in [0.2, 0.25) is 0 Å². The van der Waals surface area contributed by atoms with Crippen LogP contribution < -0.4 is 10.1 Å². The topological polar surface area (TPSA) is 47.6 Å². The third kappa shape index (κ3) is 5.54. The smallest absolute Gasteiger partial charge is 0.255 e.